The molecule has 0 saturated carbocycles. The van der Waals surface area contributed by atoms with Gasteiger partial charge in [-0.25, -0.2) is 4.42 Å². The van der Waals surface area contributed by atoms with Crippen molar-refractivity contribution in [1.29, 1.82) is 0 Å². The fourth-order valence-corrected chi connectivity index (χ4v) is 4.23. The summed E-state index contributed by atoms with van der Waals surface area (Å²) in [7, 11) is 0. The zero-order chi connectivity index (χ0) is 21.8. The van der Waals surface area contributed by atoms with Gasteiger partial charge in [-0.2, -0.15) is 0 Å². The van der Waals surface area contributed by atoms with Crippen molar-refractivity contribution in [3.63, 3.8) is 0 Å². The zero-order valence-corrected chi connectivity index (χ0v) is 19.1. The van der Waals surface area contributed by atoms with Crippen LogP contribution in [0.1, 0.15) is 11.1 Å². The van der Waals surface area contributed by atoms with Gasteiger partial charge in [0.05, 0.1) is 22.8 Å². The van der Waals surface area contributed by atoms with Gasteiger partial charge in [0.15, 0.2) is 0 Å². The molecule has 32 heavy (non-hydrogen) atoms. The molecule has 5 rings (SSSR count). The van der Waals surface area contributed by atoms with Gasteiger partial charge in [-0.15, -0.1) is 0 Å². The molecule has 2 heteroatoms. The summed E-state index contributed by atoms with van der Waals surface area (Å²) < 4.78 is 7.71. The van der Waals surface area contributed by atoms with Gasteiger partial charge in [-0.05, 0) is 47.5 Å². The molecule has 0 saturated heterocycles. The number of rotatable bonds is 5. The molecule has 0 aliphatic rings. The van der Waals surface area contributed by atoms with Crippen molar-refractivity contribution in [3.05, 3.63) is 137 Å². The molecule has 0 fully saturated rings. The molecule has 5 aromatic rings. The van der Waals surface area contributed by atoms with Gasteiger partial charge >= 0.3 is 11.5 Å². The van der Waals surface area contributed by atoms with Crippen molar-refractivity contribution in [2.24, 2.45) is 0 Å². The van der Waals surface area contributed by atoms with Gasteiger partial charge in [0, 0.05) is 16.5 Å². The van der Waals surface area contributed by atoms with E-state index >= 15 is 0 Å². The first-order valence-corrected chi connectivity index (χ1v) is 11.5. The summed E-state index contributed by atoms with van der Waals surface area (Å²) in [6.45, 7) is 0. The summed E-state index contributed by atoms with van der Waals surface area (Å²) in [5.41, 5.74) is 6.95. The van der Waals surface area contributed by atoms with Crippen molar-refractivity contribution in [2.75, 3.05) is 0 Å². The Morgan fingerprint density at radius 3 is 1.69 bits per heavy atom. The smallest absolute Gasteiger partial charge is 0.206 e. The zero-order valence-electron chi connectivity index (χ0n) is 17.5. The van der Waals surface area contributed by atoms with Crippen LogP contribution in [0.15, 0.2) is 130 Å². The number of halogens is 1. The Labute approximate surface area is 197 Å². The van der Waals surface area contributed by atoms with Crippen LogP contribution >= 0.6 is 15.9 Å². The number of hydrogen-bond acceptors (Lipinski definition) is 0. The van der Waals surface area contributed by atoms with Crippen LogP contribution < -0.4 is 0 Å². The maximum Gasteiger partial charge on any atom is 0.364 e. The molecule has 0 radical (unpaired) electrons. The lowest BCUT2D eigenvalue weighted by atomic mass is 9.91. The summed E-state index contributed by atoms with van der Waals surface area (Å²) in [4.78, 5) is 0. The normalized spacial score (nSPS) is 10.8. The van der Waals surface area contributed by atoms with Crippen molar-refractivity contribution in [1.82, 2.24) is 0 Å². The fraction of sp³-hybridized carbons (Fsp3) is 0.0333. The third-order valence-corrected chi connectivity index (χ3v) is 6.09. The topological polar surface area (TPSA) is 11.3 Å². The molecular weight excluding hydrogens is 456 g/mol. The van der Waals surface area contributed by atoms with Crippen LogP contribution in [-0.4, -0.2) is 0 Å². The second-order valence-corrected chi connectivity index (χ2v) is 8.65. The average Bonchev–Trinajstić information content (AvgIpc) is 2.87. The van der Waals surface area contributed by atoms with E-state index in [0.29, 0.717) is 0 Å². The van der Waals surface area contributed by atoms with Crippen LogP contribution in [0.4, 0.5) is 0 Å². The van der Waals surface area contributed by atoms with Gasteiger partial charge in [0.1, 0.15) is 0 Å². The van der Waals surface area contributed by atoms with Crippen molar-refractivity contribution in [3.8, 4) is 33.8 Å². The molecule has 1 heterocycles. The molecule has 0 spiro atoms. The Morgan fingerprint density at radius 1 is 0.562 bits per heavy atom. The van der Waals surface area contributed by atoms with E-state index in [9.17, 15) is 0 Å². The lowest BCUT2D eigenvalue weighted by Gasteiger charge is -2.11. The highest BCUT2D eigenvalue weighted by atomic mass is 79.9. The second kappa shape index (κ2) is 9.33. The average molecular weight is 478 g/mol. The summed E-state index contributed by atoms with van der Waals surface area (Å²) >= 11 is 3.55. The molecule has 1 aromatic heterocycles. The summed E-state index contributed by atoms with van der Waals surface area (Å²) in [5.74, 6) is 1.77. The quantitative estimate of drug-likeness (QED) is 0.230. The minimum absolute atomic E-state index is 0.778. The van der Waals surface area contributed by atoms with E-state index in [1.165, 1.54) is 22.3 Å². The van der Waals surface area contributed by atoms with Crippen LogP contribution in [0, 0.1) is 0 Å². The minimum Gasteiger partial charge on any atom is -0.206 e. The minimum atomic E-state index is 0.778. The van der Waals surface area contributed by atoms with Gasteiger partial charge in [-0.1, -0.05) is 94.8 Å². The van der Waals surface area contributed by atoms with E-state index in [4.69, 9.17) is 4.42 Å². The first-order valence-electron chi connectivity index (χ1n) is 10.7. The number of benzene rings is 4. The Kier molecular flexibility index (Phi) is 5.96. The maximum atomic E-state index is 6.63. The number of hydrogen-bond donors (Lipinski definition) is 0. The lowest BCUT2D eigenvalue weighted by molar-refractivity contribution is 0.576. The molecule has 0 aliphatic carbocycles. The predicted octanol–water partition coefficient (Wildman–Crippen LogP) is 8.92. The molecule has 0 atom stereocenters. The highest BCUT2D eigenvalue weighted by molar-refractivity contribution is 9.10. The van der Waals surface area contributed by atoms with Crippen LogP contribution in [0.2, 0.25) is 0 Å². The van der Waals surface area contributed by atoms with Crippen LogP contribution in [-0.2, 0) is 6.42 Å². The standard InChI is InChI=1S/C30H22BrO/c31-26-18-16-22(17-19-26)20-28-27(23-10-4-1-5-11-23)21-29(24-12-6-2-7-13-24)32-30(28)25-14-8-3-9-15-25/h1-19,21H,20H2/q+1. The van der Waals surface area contributed by atoms with Gasteiger partial charge in [0.2, 0.25) is 0 Å². The first kappa shape index (κ1) is 20.4. The first-order chi connectivity index (χ1) is 15.8. The van der Waals surface area contributed by atoms with E-state index in [2.05, 4.69) is 113 Å². The van der Waals surface area contributed by atoms with Crippen molar-refractivity contribution >= 4 is 15.9 Å². The van der Waals surface area contributed by atoms with Crippen molar-refractivity contribution in [2.45, 2.75) is 6.42 Å². The predicted molar refractivity (Wildman–Crippen MR) is 136 cm³/mol. The summed E-state index contributed by atoms with van der Waals surface area (Å²) in [6.07, 6.45) is 0.778. The van der Waals surface area contributed by atoms with E-state index in [0.717, 1.165) is 33.5 Å². The molecule has 0 aliphatic heterocycles. The molecule has 0 N–H and O–H groups in total. The molecule has 154 valence electrons. The van der Waals surface area contributed by atoms with Crippen molar-refractivity contribution < 1.29 is 4.42 Å². The Morgan fingerprint density at radius 2 is 1.09 bits per heavy atom. The summed E-state index contributed by atoms with van der Waals surface area (Å²) in [6, 6.07) is 42.0. The Hall–Kier alpha value is -3.49. The van der Waals surface area contributed by atoms with Gasteiger partial charge in [-0.3, -0.25) is 0 Å². The second-order valence-electron chi connectivity index (χ2n) is 7.73. The van der Waals surface area contributed by atoms with Crippen LogP contribution in [0.25, 0.3) is 33.8 Å². The molecule has 4 aromatic carbocycles. The molecule has 0 unspecified atom stereocenters. The van der Waals surface area contributed by atoms with Gasteiger partial charge < -0.3 is 0 Å². The maximum absolute atomic E-state index is 6.63. The van der Waals surface area contributed by atoms with Crippen LogP contribution in [0.3, 0.4) is 0 Å². The Balaban J connectivity index is 1.78. The van der Waals surface area contributed by atoms with E-state index < -0.39 is 0 Å². The van der Waals surface area contributed by atoms with Crippen LogP contribution in [0.5, 0.6) is 0 Å². The fourth-order valence-electron chi connectivity index (χ4n) is 3.97. The molecular formula is C30H22BrO+. The van der Waals surface area contributed by atoms with E-state index in [1.807, 2.05) is 24.3 Å². The molecule has 0 bridgehead atoms. The summed E-state index contributed by atoms with van der Waals surface area (Å²) in [5, 5.41) is 0. The molecule has 0 amide bonds. The lowest BCUT2D eigenvalue weighted by Crippen LogP contribution is -1.98. The highest BCUT2D eigenvalue weighted by Crippen LogP contribution is 2.38. The third-order valence-electron chi connectivity index (χ3n) is 5.56. The largest absolute Gasteiger partial charge is 0.364 e. The molecule has 1 nitrogen and oxygen atoms in total. The third kappa shape index (κ3) is 4.42. The SMILES string of the molecule is Brc1ccc(Cc2c(-c3ccccc3)cc(-c3ccccc3)[o+]c2-c2ccccc2)cc1. The van der Waals surface area contributed by atoms with E-state index in [-0.39, 0.29) is 0 Å². The van der Waals surface area contributed by atoms with Gasteiger partial charge in [0.25, 0.3) is 0 Å². The highest BCUT2D eigenvalue weighted by Gasteiger charge is 2.27. The Bertz CT molecular complexity index is 1250. The monoisotopic (exact) mass is 477 g/mol. The van der Waals surface area contributed by atoms with E-state index in [1.54, 1.807) is 0 Å².